The Morgan fingerprint density at radius 2 is 1.94 bits per heavy atom. The first-order valence-corrected chi connectivity index (χ1v) is 11.8. The molecular formula is C25H30N4O2. The van der Waals surface area contributed by atoms with Crippen LogP contribution in [0.4, 0.5) is 0 Å². The summed E-state index contributed by atoms with van der Waals surface area (Å²) < 4.78 is 1.31. The van der Waals surface area contributed by atoms with Gasteiger partial charge in [0.15, 0.2) is 5.69 Å². The minimum atomic E-state index is -0.157. The molecule has 0 radical (unpaired) electrons. The molecule has 6 heteroatoms. The van der Waals surface area contributed by atoms with E-state index in [1.54, 1.807) is 13.1 Å². The van der Waals surface area contributed by atoms with Crippen molar-refractivity contribution in [2.75, 3.05) is 19.6 Å². The first kappa shape index (κ1) is 19.2. The van der Waals surface area contributed by atoms with Crippen molar-refractivity contribution in [3.63, 3.8) is 0 Å². The van der Waals surface area contributed by atoms with Gasteiger partial charge in [-0.3, -0.25) is 14.5 Å². The highest BCUT2D eigenvalue weighted by Gasteiger charge is 2.47. The molecule has 3 fully saturated rings. The van der Waals surface area contributed by atoms with Crippen LogP contribution in [0.15, 0.2) is 40.7 Å². The fraction of sp³-hybridized carbons (Fsp3) is 0.560. The van der Waals surface area contributed by atoms with Gasteiger partial charge >= 0.3 is 0 Å². The Hall–Kier alpha value is -2.47. The third-order valence-corrected chi connectivity index (χ3v) is 8.08. The number of amides is 1. The van der Waals surface area contributed by atoms with Crippen molar-refractivity contribution < 1.29 is 4.79 Å². The van der Waals surface area contributed by atoms with Gasteiger partial charge in [0, 0.05) is 31.6 Å². The first-order chi connectivity index (χ1) is 15.1. The minimum Gasteiger partial charge on any atom is -0.330 e. The molecule has 0 unspecified atom stereocenters. The van der Waals surface area contributed by atoms with Gasteiger partial charge in [0.1, 0.15) is 0 Å². The van der Waals surface area contributed by atoms with Crippen LogP contribution in [0.5, 0.6) is 0 Å². The SMILES string of the molecule is Cn1nc(C(=O)N2CCCC3=C[C@H]4C[C@H](CN5CCCC[C@H]45)[C@H]32)c2ccccc2c1=O. The monoisotopic (exact) mass is 418 g/mol. The van der Waals surface area contributed by atoms with Crippen LogP contribution in [0.3, 0.4) is 0 Å². The molecule has 2 aromatic rings. The summed E-state index contributed by atoms with van der Waals surface area (Å²) in [7, 11) is 1.63. The van der Waals surface area contributed by atoms with Gasteiger partial charge in [0.2, 0.25) is 0 Å². The molecule has 6 nitrogen and oxygen atoms in total. The molecule has 6 rings (SSSR count). The van der Waals surface area contributed by atoms with Gasteiger partial charge in [0.05, 0.1) is 11.4 Å². The average molecular weight is 419 g/mol. The van der Waals surface area contributed by atoms with Crippen molar-refractivity contribution in [1.29, 1.82) is 0 Å². The molecular weight excluding hydrogens is 388 g/mol. The molecule has 31 heavy (non-hydrogen) atoms. The van der Waals surface area contributed by atoms with Gasteiger partial charge in [-0.2, -0.15) is 5.10 Å². The molecule has 162 valence electrons. The Morgan fingerprint density at radius 3 is 2.81 bits per heavy atom. The summed E-state index contributed by atoms with van der Waals surface area (Å²) in [4.78, 5) is 31.2. The standard InChI is InChI=1S/C25H30N4O2/c1-27-24(30)20-9-3-2-8-19(20)22(26-27)25(31)29-12-6-7-16-13-17-14-18(23(16)29)15-28-11-5-4-10-21(17)28/h2-3,8-9,13,17-18,21,23H,4-7,10-12,14-15H2,1H3/t17-,18+,21+,23-/m0/s1. The second kappa shape index (κ2) is 7.30. The van der Waals surface area contributed by atoms with E-state index in [1.165, 1.54) is 42.5 Å². The number of rotatable bonds is 1. The maximum Gasteiger partial charge on any atom is 0.275 e. The molecule has 0 saturated carbocycles. The van der Waals surface area contributed by atoms with E-state index < -0.39 is 0 Å². The van der Waals surface area contributed by atoms with Crippen molar-refractivity contribution in [2.24, 2.45) is 18.9 Å². The lowest BCUT2D eigenvalue weighted by molar-refractivity contribution is 0.00131. The van der Waals surface area contributed by atoms with Crippen molar-refractivity contribution in [1.82, 2.24) is 19.6 Å². The maximum absolute atomic E-state index is 13.9. The van der Waals surface area contributed by atoms with E-state index in [0.717, 1.165) is 25.9 Å². The molecule has 1 amide bonds. The van der Waals surface area contributed by atoms with E-state index in [4.69, 9.17) is 0 Å². The average Bonchev–Trinajstić information content (AvgIpc) is 2.81. The van der Waals surface area contributed by atoms with Crippen LogP contribution in [0.25, 0.3) is 10.8 Å². The summed E-state index contributed by atoms with van der Waals surface area (Å²) >= 11 is 0. The second-order valence-electron chi connectivity index (χ2n) is 9.83. The lowest BCUT2D eigenvalue weighted by Gasteiger charge is -2.54. The van der Waals surface area contributed by atoms with Crippen molar-refractivity contribution >= 4 is 16.7 Å². The fourth-order valence-electron chi connectivity index (χ4n) is 6.79. The van der Waals surface area contributed by atoms with Gasteiger partial charge < -0.3 is 4.90 Å². The zero-order valence-electron chi connectivity index (χ0n) is 18.2. The minimum absolute atomic E-state index is 0.0263. The number of benzene rings is 1. The summed E-state index contributed by atoms with van der Waals surface area (Å²) in [5, 5.41) is 5.67. The van der Waals surface area contributed by atoms with Crippen molar-refractivity contribution in [2.45, 2.75) is 50.6 Å². The summed E-state index contributed by atoms with van der Waals surface area (Å²) in [5.74, 6) is 1.13. The predicted molar refractivity (Wildman–Crippen MR) is 120 cm³/mol. The molecule has 3 saturated heterocycles. The van der Waals surface area contributed by atoms with Crippen LogP contribution >= 0.6 is 0 Å². The van der Waals surface area contributed by atoms with E-state index in [2.05, 4.69) is 21.0 Å². The smallest absolute Gasteiger partial charge is 0.275 e. The first-order valence-electron chi connectivity index (χ1n) is 11.8. The molecule has 1 aromatic heterocycles. The number of nitrogens with zero attached hydrogens (tertiary/aromatic N) is 4. The van der Waals surface area contributed by atoms with Gasteiger partial charge in [-0.25, -0.2) is 4.68 Å². The fourth-order valence-corrected chi connectivity index (χ4v) is 6.79. The number of carbonyl (C=O) groups excluding carboxylic acids is 1. The maximum atomic E-state index is 13.9. The van der Waals surface area contributed by atoms with Crippen LogP contribution in [-0.4, -0.2) is 57.2 Å². The molecule has 4 aliphatic rings. The van der Waals surface area contributed by atoms with E-state index in [-0.39, 0.29) is 17.5 Å². The number of fused-ring (bicyclic) bond motifs is 7. The highest BCUT2D eigenvalue weighted by Crippen LogP contribution is 2.45. The lowest BCUT2D eigenvalue weighted by atomic mass is 9.68. The highest BCUT2D eigenvalue weighted by atomic mass is 16.2. The Bertz CT molecular complexity index is 1140. The van der Waals surface area contributed by atoms with Crippen LogP contribution in [0.2, 0.25) is 0 Å². The molecule has 4 atom stereocenters. The topological polar surface area (TPSA) is 58.4 Å². The Morgan fingerprint density at radius 1 is 1.10 bits per heavy atom. The predicted octanol–water partition coefficient (Wildman–Crippen LogP) is 2.97. The van der Waals surface area contributed by atoms with E-state index in [1.807, 2.05) is 18.2 Å². The number of carbonyl (C=O) groups is 1. The Balaban J connectivity index is 1.40. The Kier molecular flexibility index (Phi) is 4.53. The molecule has 0 spiro atoms. The third kappa shape index (κ3) is 2.99. The molecule has 1 aliphatic carbocycles. The van der Waals surface area contributed by atoms with E-state index in [9.17, 15) is 9.59 Å². The van der Waals surface area contributed by atoms with Gasteiger partial charge in [-0.15, -0.1) is 0 Å². The van der Waals surface area contributed by atoms with Crippen LogP contribution in [0, 0.1) is 11.8 Å². The summed E-state index contributed by atoms with van der Waals surface area (Å²) in [6, 6.07) is 8.26. The lowest BCUT2D eigenvalue weighted by Crippen LogP contribution is -2.60. The Labute approximate surface area is 182 Å². The summed E-state index contributed by atoms with van der Waals surface area (Å²) in [6.45, 7) is 3.08. The number of hydrogen-bond donors (Lipinski definition) is 0. The highest BCUT2D eigenvalue weighted by molar-refractivity contribution is 6.05. The van der Waals surface area contributed by atoms with Crippen molar-refractivity contribution in [3.05, 3.63) is 52.0 Å². The zero-order valence-corrected chi connectivity index (χ0v) is 18.2. The van der Waals surface area contributed by atoms with E-state index in [0.29, 0.717) is 34.3 Å². The number of hydrogen-bond acceptors (Lipinski definition) is 4. The number of likely N-dealkylation sites (tertiary alicyclic amines) is 1. The summed E-state index contributed by atoms with van der Waals surface area (Å²) in [6.07, 6.45) is 9.82. The quantitative estimate of drug-likeness (QED) is 0.668. The summed E-state index contributed by atoms with van der Waals surface area (Å²) in [5.41, 5.74) is 1.73. The molecule has 2 bridgehead atoms. The van der Waals surface area contributed by atoms with E-state index >= 15 is 0 Å². The van der Waals surface area contributed by atoms with Gasteiger partial charge in [0.25, 0.3) is 11.5 Å². The normalized spacial score (nSPS) is 30.5. The van der Waals surface area contributed by atoms with Crippen LogP contribution in [-0.2, 0) is 7.05 Å². The molecule has 3 aliphatic heterocycles. The third-order valence-electron chi connectivity index (χ3n) is 8.08. The number of aryl methyl sites for hydroxylation is 1. The molecule has 0 N–H and O–H groups in total. The molecule has 1 aromatic carbocycles. The van der Waals surface area contributed by atoms with Gasteiger partial charge in [-0.1, -0.05) is 36.3 Å². The largest absolute Gasteiger partial charge is 0.330 e. The number of piperidine rings is 3. The molecule has 4 heterocycles. The number of aromatic nitrogens is 2. The second-order valence-corrected chi connectivity index (χ2v) is 9.83. The van der Waals surface area contributed by atoms with Crippen molar-refractivity contribution in [3.8, 4) is 0 Å². The van der Waals surface area contributed by atoms with Crippen LogP contribution in [0.1, 0.15) is 49.0 Å². The van der Waals surface area contributed by atoms with Crippen LogP contribution < -0.4 is 5.56 Å². The zero-order chi connectivity index (χ0) is 21.1. The van der Waals surface area contributed by atoms with Gasteiger partial charge in [-0.05, 0) is 56.6 Å².